The highest BCUT2D eigenvalue weighted by atomic mass is 35.5. The molecule has 0 radical (unpaired) electrons. The third kappa shape index (κ3) is 5.30. The van der Waals surface area contributed by atoms with E-state index in [9.17, 15) is 4.79 Å². The lowest BCUT2D eigenvalue weighted by Gasteiger charge is -2.39. The fourth-order valence-electron chi connectivity index (χ4n) is 4.31. The number of urea groups is 1. The monoisotopic (exact) mass is 413 g/mol. The molecule has 1 aliphatic carbocycles. The molecule has 0 unspecified atom stereocenters. The standard InChI is InChI=1S/C24H32ClN3O/c1-16(2)18-9-12-20(13-10-18)28(22-8-6-5-7-21(22)17(3)4)24(29)27-23-14-11-19(25)15-26-23/h5-8,11,14-18,20H,9-10,12-13H2,1-4H3,(H,26,27,29). The predicted octanol–water partition coefficient (Wildman–Crippen LogP) is 7.11. The number of rotatable bonds is 5. The summed E-state index contributed by atoms with van der Waals surface area (Å²) in [6.45, 7) is 8.95. The van der Waals surface area contributed by atoms with Crippen molar-refractivity contribution in [3.05, 3.63) is 53.2 Å². The van der Waals surface area contributed by atoms with Gasteiger partial charge in [-0.25, -0.2) is 9.78 Å². The quantitative estimate of drug-likeness (QED) is 0.567. The van der Waals surface area contributed by atoms with Crippen molar-refractivity contribution in [1.82, 2.24) is 4.98 Å². The maximum absolute atomic E-state index is 13.4. The van der Waals surface area contributed by atoms with Crippen LogP contribution in [0.2, 0.25) is 5.02 Å². The Labute approximate surface area is 179 Å². The molecule has 3 rings (SSSR count). The van der Waals surface area contributed by atoms with Gasteiger partial charge in [-0.1, -0.05) is 57.5 Å². The third-order valence-electron chi connectivity index (χ3n) is 6.05. The van der Waals surface area contributed by atoms with Crippen molar-refractivity contribution in [2.45, 2.75) is 65.3 Å². The maximum Gasteiger partial charge on any atom is 0.327 e. The topological polar surface area (TPSA) is 45.2 Å². The number of hydrogen-bond acceptors (Lipinski definition) is 2. The van der Waals surface area contributed by atoms with Crippen LogP contribution < -0.4 is 10.2 Å². The average Bonchev–Trinajstić information content (AvgIpc) is 2.70. The second-order valence-corrected chi connectivity index (χ2v) is 9.12. The highest BCUT2D eigenvalue weighted by molar-refractivity contribution is 6.30. The number of amides is 2. The summed E-state index contributed by atoms with van der Waals surface area (Å²) in [4.78, 5) is 19.6. The Balaban J connectivity index is 1.89. The number of benzene rings is 1. The van der Waals surface area contributed by atoms with Crippen molar-refractivity contribution >= 4 is 29.1 Å². The summed E-state index contributed by atoms with van der Waals surface area (Å²) in [5.74, 6) is 2.29. The lowest BCUT2D eigenvalue weighted by atomic mass is 9.79. The highest BCUT2D eigenvalue weighted by Crippen LogP contribution is 2.37. The van der Waals surface area contributed by atoms with Gasteiger partial charge in [-0.05, 0) is 67.2 Å². The first kappa shape index (κ1) is 21.6. The van der Waals surface area contributed by atoms with Crippen LogP contribution in [0.15, 0.2) is 42.6 Å². The number of aromatic nitrogens is 1. The Morgan fingerprint density at radius 1 is 1.07 bits per heavy atom. The van der Waals surface area contributed by atoms with Crippen LogP contribution in [0.3, 0.4) is 0 Å². The zero-order valence-corrected chi connectivity index (χ0v) is 18.6. The molecular formula is C24H32ClN3O. The van der Waals surface area contributed by atoms with Gasteiger partial charge in [0.1, 0.15) is 5.82 Å². The van der Waals surface area contributed by atoms with Crippen LogP contribution in [0.5, 0.6) is 0 Å². The molecular weight excluding hydrogens is 382 g/mol. The molecule has 1 fully saturated rings. The van der Waals surface area contributed by atoms with E-state index in [1.54, 1.807) is 18.3 Å². The van der Waals surface area contributed by atoms with Gasteiger partial charge in [0.05, 0.1) is 5.02 Å². The number of halogens is 1. The lowest BCUT2D eigenvalue weighted by Crippen LogP contribution is -2.45. The molecule has 2 amide bonds. The molecule has 29 heavy (non-hydrogen) atoms. The minimum absolute atomic E-state index is 0.124. The first-order valence-corrected chi connectivity index (χ1v) is 11.0. The van der Waals surface area contributed by atoms with Crippen LogP contribution in [0.1, 0.15) is 64.9 Å². The summed E-state index contributed by atoms with van der Waals surface area (Å²) in [6.07, 6.45) is 5.93. The SMILES string of the molecule is CC(C)c1ccccc1N(C(=O)Nc1ccc(Cl)cn1)C1CCC(C(C)C)CC1. The van der Waals surface area contributed by atoms with Crippen LogP contribution in [-0.2, 0) is 0 Å². The van der Waals surface area contributed by atoms with Crippen molar-refractivity contribution in [3.8, 4) is 0 Å². The van der Waals surface area contributed by atoms with E-state index < -0.39 is 0 Å². The molecule has 0 aliphatic heterocycles. The van der Waals surface area contributed by atoms with Crippen molar-refractivity contribution in [2.75, 3.05) is 10.2 Å². The Hall–Kier alpha value is -2.07. The Kier molecular flexibility index (Phi) is 7.18. The second kappa shape index (κ2) is 9.62. The van der Waals surface area contributed by atoms with Gasteiger partial charge in [0.15, 0.2) is 0 Å². The molecule has 0 atom stereocenters. The van der Waals surface area contributed by atoms with E-state index in [1.807, 2.05) is 17.0 Å². The fraction of sp³-hybridized carbons (Fsp3) is 0.500. The molecule has 1 aromatic carbocycles. The van der Waals surface area contributed by atoms with Gasteiger partial charge in [0.25, 0.3) is 0 Å². The van der Waals surface area contributed by atoms with Crippen molar-refractivity contribution in [3.63, 3.8) is 0 Å². The van der Waals surface area contributed by atoms with E-state index in [4.69, 9.17) is 11.6 Å². The molecule has 0 saturated heterocycles. The molecule has 5 heteroatoms. The lowest BCUT2D eigenvalue weighted by molar-refractivity contribution is 0.236. The zero-order chi connectivity index (χ0) is 21.0. The molecule has 0 spiro atoms. The van der Waals surface area contributed by atoms with Gasteiger partial charge < -0.3 is 0 Å². The zero-order valence-electron chi connectivity index (χ0n) is 17.9. The van der Waals surface area contributed by atoms with Gasteiger partial charge in [-0.2, -0.15) is 0 Å². The Bertz CT molecular complexity index is 811. The van der Waals surface area contributed by atoms with E-state index in [0.29, 0.717) is 22.7 Å². The summed E-state index contributed by atoms with van der Waals surface area (Å²) >= 11 is 5.94. The second-order valence-electron chi connectivity index (χ2n) is 8.69. The molecule has 1 aromatic heterocycles. The molecule has 1 aliphatic rings. The van der Waals surface area contributed by atoms with Crippen LogP contribution >= 0.6 is 11.6 Å². The molecule has 1 heterocycles. The number of para-hydroxylation sites is 1. The normalized spacial score (nSPS) is 19.4. The fourth-order valence-corrected chi connectivity index (χ4v) is 4.42. The van der Waals surface area contributed by atoms with E-state index in [2.05, 4.69) is 50.1 Å². The Morgan fingerprint density at radius 2 is 1.76 bits per heavy atom. The Morgan fingerprint density at radius 3 is 2.34 bits per heavy atom. The van der Waals surface area contributed by atoms with Crippen molar-refractivity contribution in [2.24, 2.45) is 11.8 Å². The van der Waals surface area contributed by atoms with Crippen LogP contribution in [0, 0.1) is 11.8 Å². The van der Waals surface area contributed by atoms with Crippen LogP contribution in [0.25, 0.3) is 0 Å². The number of anilines is 2. The van der Waals surface area contributed by atoms with E-state index in [0.717, 1.165) is 37.3 Å². The highest BCUT2D eigenvalue weighted by Gasteiger charge is 2.32. The first-order valence-electron chi connectivity index (χ1n) is 10.7. The number of carbonyl (C=O) groups excluding carboxylic acids is 1. The number of nitrogens with zero attached hydrogens (tertiary/aromatic N) is 2. The number of carbonyl (C=O) groups is 1. The van der Waals surface area contributed by atoms with Crippen LogP contribution in [0.4, 0.5) is 16.3 Å². The molecule has 4 nitrogen and oxygen atoms in total. The van der Waals surface area contributed by atoms with Gasteiger partial charge >= 0.3 is 6.03 Å². The number of pyridine rings is 1. The van der Waals surface area contributed by atoms with Crippen molar-refractivity contribution in [1.29, 1.82) is 0 Å². The smallest absolute Gasteiger partial charge is 0.292 e. The predicted molar refractivity (Wildman–Crippen MR) is 122 cm³/mol. The van der Waals surface area contributed by atoms with Gasteiger partial charge in [-0.3, -0.25) is 10.2 Å². The summed E-state index contributed by atoms with van der Waals surface area (Å²) in [6, 6.07) is 11.8. The summed E-state index contributed by atoms with van der Waals surface area (Å²) in [5.41, 5.74) is 2.19. The minimum Gasteiger partial charge on any atom is -0.292 e. The largest absolute Gasteiger partial charge is 0.327 e. The summed E-state index contributed by atoms with van der Waals surface area (Å²) < 4.78 is 0. The van der Waals surface area contributed by atoms with Gasteiger partial charge in [0.2, 0.25) is 0 Å². The van der Waals surface area contributed by atoms with E-state index in [1.165, 1.54) is 5.56 Å². The number of hydrogen-bond donors (Lipinski definition) is 1. The summed E-state index contributed by atoms with van der Waals surface area (Å²) in [5, 5.41) is 3.54. The van der Waals surface area contributed by atoms with Crippen LogP contribution in [-0.4, -0.2) is 17.1 Å². The van der Waals surface area contributed by atoms with E-state index >= 15 is 0 Å². The average molecular weight is 414 g/mol. The molecule has 1 saturated carbocycles. The van der Waals surface area contributed by atoms with Gasteiger partial charge in [0, 0.05) is 17.9 Å². The molecule has 0 bridgehead atoms. The first-order chi connectivity index (χ1) is 13.9. The molecule has 156 valence electrons. The van der Waals surface area contributed by atoms with Gasteiger partial charge in [-0.15, -0.1) is 0 Å². The molecule has 1 N–H and O–H groups in total. The minimum atomic E-state index is -0.124. The maximum atomic E-state index is 13.4. The third-order valence-corrected chi connectivity index (χ3v) is 6.27. The summed E-state index contributed by atoms with van der Waals surface area (Å²) in [7, 11) is 0. The number of nitrogens with one attached hydrogen (secondary N) is 1. The van der Waals surface area contributed by atoms with Crippen molar-refractivity contribution < 1.29 is 4.79 Å². The molecule has 2 aromatic rings. The van der Waals surface area contributed by atoms with E-state index in [-0.39, 0.29) is 12.1 Å².